The van der Waals surface area contributed by atoms with Gasteiger partial charge in [-0.05, 0) is 17.5 Å². The first-order chi connectivity index (χ1) is 19.0. The summed E-state index contributed by atoms with van der Waals surface area (Å²) >= 11 is 1.42. The first-order valence-electron chi connectivity index (χ1n) is 13.1. The molecule has 210 valence electrons. The number of aliphatic hydroxyl groups is 1. The molecule has 0 saturated carbocycles. The summed E-state index contributed by atoms with van der Waals surface area (Å²) in [5.74, 6) is 0. The Kier molecular flexibility index (Phi) is 11.0. The van der Waals surface area contributed by atoms with E-state index < -0.39 is 28.8 Å². The van der Waals surface area contributed by atoms with Crippen molar-refractivity contribution >= 4 is 11.8 Å². The Labute approximate surface area is 232 Å². The zero-order valence-electron chi connectivity index (χ0n) is 22.3. The highest BCUT2D eigenvalue weighted by molar-refractivity contribution is 8.00. The summed E-state index contributed by atoms with van der Waals surface area (Å²) in [4.78, 5) is 26.4. The van der Waals surface area contributed by atoms with Crippen LogP contribution in [0.25, 0.3) is 0 Å². The van der Waals surface area contributed by atoms with Gasteiger partial charge in [-0.3, -0.25) is 9.36 Å². The van der Waals surface area contributed by atoms with Crippen molar-refractivity contribution in [2.24, 2.45) is 0 Å². The third-order valence-corrected chi connectivity index (χ3v) is 8.10. The van der Waals surface area contributed by atoms with E-state index in [0.29, 0.717) is 38.4 Å². The number of aliphatic hydroxyl groups excluding tert-OH is 1. The van der Waals surface area contributed by atoms with Crippen LogP contribution >= 0.6 is 11.8 Å². The Balaban J connectivity index is 1.57. The second kappa shape index (κ2) is 14.6. The highest BCUT2D eigenvalue weighted by Crippen LogP contribution is 2.43. The second-order valence-corrected chi connectivity index (χ2v) is 10.6. The monoisotopic (exact) mass is 556 g/mol. The fourth-order valence-electron chi connectivity index (χ4n) is 4.44. The summed E-state index contributed by atoms with van der Waals surface area (Å²) < 4.78 is 25.3. The van der Waals surface area contributed by atoms with Gasteiger partial charge in [0, 0.05) is 18.9 Å². The van der Waals surface area contributed by atoms with E-state index in [2.05, 4.69) is 0 Å². The SMILES string of the molecule is CCc1cn([C@H]2S[C@H](COCc3ccccc3)[C@@H](OCc3ccccc3)[C@H]2O)c(=O)n(COCCOC)c1=O. The van der Waals surface area contributed by atoms with Crippen LogP contribution in [0.2, 0.25) is 0 Å². The molecule has 1 N–H and O–H groups in total. The summed E-state index contributed by atoms with van der Waals surface area (Å²) in [7, 11) is 1.55. The van der Waals surface area contributed by atoms with E-state index in [1.807, 2.05) is 67.6 Å². The van der Waals surface area contributed by atoms with Crippen molar-refractivity contribution in [3.63, 3.8) is 0 Å². The van der Waals surface area contributed by atoms with Crippen LogP contribution in [-0.4, -0.2) is 58.6 Å². The topological polar surface area (TPSA) is 101 Å². The van der Waals surface area contributed by atoms with Crippen LogP contribution in [0.1, 0.15) is 29.0 Å². The van der Waals surface area contributed by atoms with Gasteiger partial charge in [0.05, 0.1) is 38.3 Å². The highest BCUT2D eigenvalue weighted by Gasteiger charge is 2.46. The quantitative estimate of drug-likeness (QED) is 0.303. The van der Waals surface area contributed by atoms with Gasteiger partial charge in [0.15, 0.2) is 0 Å². The van der Waals surface area contributed by atoms with E-state index in [1.54, 1.807) is 13.3 Å². The molecule has 9 nitrogen and oxygen atoms in total. The average Bonchev–Trinajstić information content (AvgIpc) is 3.27. The Morgan fingerprint density at radius 3 is 2.23 bits per heavy atom. The van der Waals surface area contributed by atoms with Crippen molar-refractivity contribution in [2.75, 3.05) is 26.9 Å². The average molecular weight is 557 g/mol. The lowest BCUT2D eigenvalue weighted by Gasteiger charge is -2.23. The van der Waals surface area contributed by atoms with Crippen molar-refractivity contribution < 1.29 is 24.1 Å². The molecule has 0 aliphatic carbocycles. The number of benzene rings is 2. The molecule has 0 amide bonds. The number of aryl methyl sites for hydroxylation is 1. The van der Waals surface area contributed by atoms with Crippen LogP contribution in [0.15, 0.2) is 76.4 Å². The van der Waals surface area contributed by atoms with Gasteiger partial charge in [-0.15, -0.1) is 11.8 Å². The second-order valence-electron chi connectivity index (χ2n) is 9.28. The number of aromatic nitrogens is 2. The number of rotatable bonds is 14. The first kappa shape index (κ1) is 29.3. The molecule has 4 atom stereocenters. The highest BCUT2D eigenvalue weighted by atomic mass is 32.2. The number of hydrogen-bond donors (Lipinski definition) is 1. The third-order valence-electron chi connectivity index (χ3n) is 6.56. The van der Waals surface area contributed by atoms with E-state index >= 15 is 0 Å². The minimum atomic E-state index is -1.01. The fourth-order valence-corrected chi connectivity index (χ4v) is 5.96. The van der Waals surface area contributed by atoms with Crippen LogP contribution in [0.5, 0.6) is 0 Å². The number of thioether (sulfide) groups is 1. The lowest BCUT2D eigenvalue weighted by atomic mass is 10.1. The lowest BCUT2D eigenvalue weighted by molar-refractivity contribution is -0.0556. The van der Waals surface area contributed by atoms with Gasteiger partial charge in [-0.25, -0.2) is 9.36 Å². The van der Waals surface area contributed by atoms with E-state index in [0.717, 1.165) is 15.7 Å². The molecule has 0 bridgehead atoms. The van der Waals surface area contributed by atoms with Crippen molar-refractivity contribution in [1.29, 1.82) is 0 Å². The van der Waals surface area contributed by atoms with Gasteiger partial charge in [-0.1, -0.05) is 67.6 Å². The number of ether oxygens (including phenoxy) is 4. The molecule has 4 rings (SSSR count). The van der Waals surface area contributed by atoms with Gasteiger partial charge < -0.3 is 24.1 Å². The lowest BCUT2D eigenvalue weighted by Crippen LogP contribution is -2.45. The molecule has 2 heterocycles. The first-order valence-corrected chi connectivity index (χ1v) is 14.0. The summed E-state index contributed by atoms with van der Waals surface area (Å²) in [6, 6.07) is 19.6. The summed E-state index contributed by atoms with van der Waals surface area (Å²) in [6.45, 7) is 3.31. The van der Waals surface area contributed by atoms with Gasteiger partial charge in [0.25, 0.3) is 5.56 Å². The van der Waals surface area contributed by atoms with Gasteiger partial charge in [-0.2, -0.15) is 0 Å². The molecular weight excluding hydrogens is 520 g/mol. The molecule has 0 spiro atoms. The normalized spacial score (nSPS) is 20.9. The predicted molar refractivity (Wildman–Crippen MR) is 150 cm³/mol. The molecule has 2 aromatic carbocycles. The predicted octanol–water partition coefficient (Wildman–Crippen LogP) is 2.97. The van der Waals surface area contributed by atoms with Gasteiger partial charge in [0.2, 0.25) is 0 Å². The van der Waals surface area contributed by atoms with E-state index in [4.69, 9.17) is 18.9 Å². The van der Waals surface area contributed by atoms with Crippen molar-refractivity contribution in [2.45, 2.75) is 56.1 Å². The minimum Gasteiger partial charge on any atom is -0.387 e. The maximum Gasteiger partial charge on any atom is 0.333 e. The smallest absolute Gasteiger partial charge is 0.333 e. The molecule has 0 radical (unpaired) electrons. The molecule has 1 fully saturated rings. The number of methoxy groups -OCH3 is 1. The standard InChI is InChI=1S/C29H36N2O7S/c1-3-23-16-30(29(34)31(27(23)33)20-36-15-14-35-2)28-25(32)26(38-18-22-12-8-5-9-13-22)24(39-28)19-37-17-21-10-6-4-7-11-21/h4-13,16,24-26,28,32H,3,14-15,17-20H2,1-2H3/t24-,25-,26-,28+/m1/s1. The molecule has 39 heavy (non-hydrogen) atoms. The van der Waals surface area contributed by atoms with Gasteiger partial charge in [0.1, 0.15) is 24.3 Å². The van der Waals surface area contributed by atoms with Gasteiger partial charge >= 0.3 is 5.69 Å². The maximum absolute atomic E-state index is 13.5. The Morgan fingerprint density at radius 1 is 0.923 bits per heavy atom. The summed E-state index contributed by atoms with van der Waals surface area (Å²) in [6.07, 6.45) is 0.388. The Hall–Kier alpha value is -2.73. The van der Waals surface area contributed by atoms with Crippen LogP contribution in [0.3, 0.4) is 0 Å². The molecule has 1 saturated heterocycles. The molecule has 1 aromatic heterocycles. The zero-order chi connectivity index (χ0) is 27.6. The molecule has 10 heteroatoms. The van der Waals surface area contributed by atoms with E-state index in [1.165, 1.54) is 16.3 Å². The minimum absolute atomic E-state index is 0.195. The fraction of sp³-hybridized carbons (Fsp3) is 0.448. The van der Waals surface area contributed by atoms with Crippen LogP contribution < -0.4 is 11.2 Å². The van der Waals surface area contributed by atoms with Crippen molar-refractivity contribution in [1.82, 2.24) is 9.13 Å². The number of nitrogens with zero attached hydrogens (tertiary/aromatic N) is 2. The summed E-state index contributed by atoms with van der Waals surface area (Å²) in [5, 5.41) is 10.6. The van der Waals surface area contributed by atoms with Crippen LogP contribution in [-0.2, 0) is 45.3 Å². The van der Waals surface area contributed by atoms with Crippen LogP contribution in [0.4, 0.5) is 0 Å². The maximum atomic E-state index is 13.5. The molecular formula is C29H36N2O7S. The van der Waals surface area contributed by atoms with Crippen LogP contribution in [0, 0.1) is 0 Å². The van der Waals surface area contributed by atoms with Crippen molar-refractivity contribution in [3.8, 4) is 0 Å². The molecule has 1 aliphatic rings. The Bertz CT molecular complexity index is 1280. The third kappa shape index (κ3) is 7.47. The molecule has 1 aliphatic heterocycles. The van der Waals surface area contributed by atoms with Crippen molar-refractivity contribution in [3.05, 3.63) is 104 Å². The number of hydrogen-bond acceptors (Lipinski definition) is 8. The summed E-state index contributed by atoms with van der Waals surface area (Å²) in [5.41, 5.74) is 1.55. The van der Waals surface area contributed by atoms with E-state index in [-0.39, 0.29) is 18.6 Å². The zero-order valence-corrected chi connectivity index (χ0v) is 23.1. The Morgan fingerprint density at radius 2 is 1.59 bits per heavy atom. The molecule has 0 unspecified atom stereocenters. The van der Waals surface area contributed by atoms with E-state index in [9.17, 15) is 14.7 Å². The largest absolute Gasteiger partial charge is 0.387 e. The molecule has 3 aromatic rings.